The minimum absolute atomic E-state index is 0.0616. The third-order valence-electron chi connectivity index (χ3n) is 3.79. The van der Waals surface area contributed by atoms with E-state index in [0.29, 0.717) is 18.3 Å². The Morgan fingerprint density at radius 1 is 0.939 bits per heavy atom. The van der Waals surface area contributed by atoms with Crippen LogP contribution in [0.3, 0.4) is 0 Å². The monoisotopic (exact) mass is 528 g/mol. The standard InChI is InChI=1S/C17H10ClF9N2O3S/c18-12-3-4-14(29-33(30,31)17(25,26)27)10(5-12)7-28-32-8-9-1-2-11(15(19,20)21)6-13(9)16(22,23)24/h1-7,29H,8H2/b28-7+. The van der Waals surface area contributed by atoms with Gasteiger partial charge in [0.2, 0.25) is 0 Å². The molecule has 182 valence electrons. The van der Waals surface area contributed by atoms with Gasteiger partial charge in [-0.2, -0.15) is 47.9 Å². The maximum absolute atomic E-state index is 13.1. The van der Waals surface area contributed by atoms with E-state index in [1.807, 2.05) is 0 Å². The Morgan fingerprint density at radius 2 is 1.58 bits per heavy atom. The van der Waals surface area contributed by atoms with Gasteiger partial charge in [-0.3, -0.25) is 4.72 Å². The van der Waals surface area contributed by atoms with Gasteiger partial charge < -0.3 is 4.84 Å². The number of anilines is 1. The fraction of sp³-hybridized carbons (Fsp3) is 0.235. The second-order valence-corrected chi connectivity index (χ2v) is 8.27. The van der Waals surface area contributed by atoms with Crippen LogP contribution < -0.4 is 4.72 Å². The summed E-state index contributed by atoms with van der Waals surface area (Å²) in [5, 5.41) is 3.17. The molecular weight excluding hydrogens is 519 g/mol. The minimum atomic E-state index is -5.81. The van der Waals surface area contributed by atoms with E-state index in [0.717, 1.165) is 18.2 Å². The lowest BCUT2D eigenvalue weighted by atomic mass is 10.0. The zero-order valence-corrected chi connectivity index (χ0v) is 17.2. The highest BCUT2D eigenvalue weighted by Crippen LogP contribution is 2.37. The van der Waals surface area contributed by atoms with Crippen LogP contribution in [0.2, 0.25) is 5.02 Å². The number of nitrogens with one attached hydrogen (secondary N) is 1. The van der Waals surface area contributed by atoms with Gasteiger partial charge in [-0.1, -0.05) is 22.8 Å². The molecule has 0 aliphatic carbocycles. The van der Waals surface area contributed by atoms with Crippen molar-refractivity contribution in [3.63, 3.8) is 0 Å². The Hall–Kier alpha value is -2.68. The number of hydrogen-bond acceptors (Lipinski definition) is 4. The number of sulfonamides is 1. The highest BCUT2D eigenvalue weighted by Gasteiger charge is 2.46. The Balaban J connectivity index is 2.26. The van der Waals surface area contributed by atoms with E-state index in [-0.39, 0.29) is 16.7 Å². The number of oxime groups is 1. The molecule has 0 aromatic heterocycles. The van der Waals surface area contributed by atoms with Crippen LogP contribution in [0.4, 0.5) is 45.2 Å². The van der Waals surface area contributed by atoms with Gasteiger partial charge in [0.15, 0.2) is 0 Å². The van der Waals surface area contributed by atoms with Crippen LogP contribution in [0.1, 0.15) is 22.3 Å². The predicted octanol–water partition coefficient (Wildman–Crippen LogP) is 6.19. The minimum Gasteiger partial charge on any atom is -0.391 e. The fourth-order valence-corrected chi connectivity index (χ4v) is 3.05. The van der Waals surface area contributed by atoms with Crippen molar-refractivity contribution in [1.82, 2.24) is 0 Å². The molecule has 1 N–H and O–H groups in total. The molecule has 33 heavy (non-hydrogen) atoms. The molecule has 0 bridgehead atoms. The first-order valence-electron chi connectivity index (χ1n) is 8.23. The van der Waals surface area contributed by atoms with Gasteiger partial charge in [-0.05, 0) is 30.3 Å². The van der Waals surface area contributed by atoms with Gasteiger partial charge in [0, 0.05) is 16.1 Å². The summed E-state index contributed by atoms with van der Waals surface area (Å²) < 4.78 is 139. The summed E-state index contributed by atoms with van der Waals surface area (Å²) in [4.78, 5) is 4.62. The van der Waals surface area contributed by atoms with Gasteiger partial charge in [0.25, 0.3) is 0 Å². The number of benzene rings is 2. The molecule has 0 unspecified atom stereocenters. The van der Waals surface area contributed by atoms with Crippen molar-refractivity contribution in [2.45, 2.75) is 24.5 Å². The van der Waals surface area contributed by atoms with Crippen molar-refractivity contribution in [2.24, 2.45) is 5.16 Å². The summed E-state index contributed by atoms with van der Waals surface area (Å²) in [5.41, 5.74) is -10.5. The van der Waals surface area contributed by atoms with Gasteiger partial charge in [-0.25, -0.2) is 0 Å². The molecule has 5 nitrogen and oxygen atoms in total. The number of alkyl halides is 9. The molecule has 2 rings (SSSR count). The van der Waals surface area contributed by atoms with Crippen LogP contribution in [0.15, 0.2) is 41.6 Å². The van der Waals surface area contributed by atoms with E-state index in [1.54, 1.807) is 0 Å². The van der Waals surface area contributed by atoms with Crippen molar-refractivity contribution >= 4 is 33.5 Å². The summed E-state index contributed by atoms with van der Waals surface area (Å²) in [5.74, 6) is 0. The van der Waals surface area contributed by atoms with Gasteiger partial charge in [-0.15, -0.1) is 0 Å². The Labute approximate surface area is 184 Å². The molecule has 0 fully saturated rings. The number of nitrogens with zero attached hydrogens (tertiary/aromatic N) is 1. The summed E-state index contributed by atoms with van der Waals surface area (Å²) in [6.45, 7) is -0.965. The maximum atomic E-state index is 13.1. The normalized spacial score (nSPS) is 13.4. The van der Waals surface area contributed by atoms with E-state index in [9.17, 15) is 47.9 Å². The van der Waals surface area contributed by atoms with E-state index >= 15 is 0 Å². The molecule has 0 aliphatic heterocycles. The fourth-order valence-electron chi connectivity index (χ4n) is 2.28. The topological polar surface area (TPSA) is 67.8 Å². The van der Waals surface area contributed by atoms with Crippen LogP contribution in [-0.2, 0) is 33.8 Å². The van der Waals surface area contributed by atoms with Gasteiger partial charge in [0.05, 0.1) is 23.0 Å². The summed E-state index contributed by atoms with van der Waals surface area (Å²) in [7, 11) is -5.81. The summed E-state index contributed by atoms with van der Waals surface area (Å²) >= 11 is 5.69. The van der Waals surface area contributed by atoms with Crippen molar-refractivity contribution in [2.75, 3.05) is 4.72 Å². The molecule has 0 saturated heterocycles. The number of halogens is 10. The SMILES string of the molecule is O=S(=O)(Nc1ccc(Cl)cc1/C=N/OCc1ccc(C(F)(F)F)cc1C(F)(F)F)C(F)(F)F. The lowest BCUT2D eigenvalue weighted by molar-refractivity contribution is -0.143. The quantitative estimate of drug-likeness (QED) is 0.276. The molecule has 0 radical (unpaired) electrons. The molecule has 0 aliphatic rings. The maximum Gasteiger partial charge on any atom is 0.516 e. The van der Waals surface area contributed by atoms with Crippen LogP contribution in [-0.4, -0.2) is 20.1 Å². The lowest BCUT2D eigenvalue weighted by Crippen LogP contribution is -2.30. The Morgan fingerprint density at radius 3 is 2.12 bits per heavy atom. The Kier molecular flexibility index (Phi) is 7.48. The Bertz CT molecular complexity index is 1140. The van der Waals surface area contributed by atoms with Crippen molar-refractivity contribution in [3.8, 4) is 0 Å². The molecule has 2 aromatic rings. The summed E-state index contributed by atoms with van der Waals surface area (Å²) in [6.07, 6.45) is -9.53. The zero-order chi connectivity index (χ0) is 25.2. The van der Waals surface area contributed by atoms with Crippen LogP contribution in [0.5, 0.6) is 0 Å². The lowest BCUT2D eigenvalue weighted by Gasteiger charge is -2.15. The third kappa shape index (κ3) is 6.90. The summed E-state index contributed by atoms with van der Waals surface area (Å²) in [6, 6.07) is 3.71. The van der Waals surface area contributed by atoms with Crippen molar-refractivity contribution < 1.29 is 52.8 Å². The van der Waals surface area contributed by atoms with E-state index in [4.69, 9.17) is 11.6 Å². The molecule has 0 heterocycles. The van der Waals surface area contributed by atoms with Crippen molar-refractivity contribution in [1.29, 1.82) is 0 Å². The van der Waals surface area contributed by atoms with Gasteiger partial charge >= 0.3 is 27.9 Å². The molecule has 0 atom stereocenters. The highest BCUT2D eigenvalue weighted by molar-refractivity contribution is 7.93. The smallest absolute Gasteiger partial charge is 0.391 e. The third-order valence-corrected chi connectivity index (χ3v) is 5.12. The molecular formula is C17H10ClF9N2O3S. The molecule has 16 heteroatoms. The van der Waals surface area contributed by atoms with E-state index in [1.165, 1.54) is 4.72 Å². The second-order valence-electron chi connectivity index (χ2n) is 6.16. The van der Waals surface area contributed by atoms with E-state index in [2.05, 4.69) is 9.99 Å². The van der Waals surface area contributed by atoms with Crippen LogP contribution >= 0.6 is 11.6 Å². The van der Waals surface area contributed by atoms with Crippen LogP contribution in [0.25, 0.3) is 0 Å². The largest absolute Gasteiger partial charge is 0.516 e. The zero-order valence-electron chi connectivity index (χ0n) is 15.6. The average molecular weight is 529 g/mol. The van der Waals surface area contributed by atoms with E-state index < -0.39 is 56.9 Å². The predicted molar refractivity (Wildman–Crippen MR) is 98.9 cm³/mol. The first-order chi connectivity index (χ1) is 14.9. The van der Waals surface area contributed by atoms with Crippen LogP contribution in [0, 0.1) is 0 Å². The molecule has 0 saturated carbocycles. The molecule has 2 aromatic carbocycles. The van der Waals surface area contributed by atoms with Gasteiger partial charge in [0.1, 0.15) is 6.61 Å². The molecule has 0 amide bonds. The average Bonchev–Trinajstić information content (AvgIpc) is 2.64. The van der Waals surface area contributed by atoms with Crippen molar-refractivity contribution in [3.05, 3.63) is 63.7 Å². The first-order valence-corrected chi connectivity index (χ1v) is 10.1. The first kappa shape index (κ1) is 26.6. The highest BCUT2D eigenvalue weighted by atomic mass is 35.5. The number of hydrogen-bond donors (Lipinski definition) is 1. The number of rotatable bonds is 6. The second kappa shape index (κ2) is 9.29. The molecule has 0 spiro atoms.